The molecule has 0 saturated carbocycles. The highest BCUT2D eigenvalue weighted by molar-refractivity contribution is 5.13. The van der Waals surface area contributed by atoms with Gasteiger partial charge in [-0.2, -0.15) is 5.10 Å². The summed E-state index contributed by atoms with van der Waals surface area (Å²) in [4.78, 5) is 2.61. The molecular weight excluding hydrogens is 236 g/mol. The molecule has 0 aromatic carbocycles. The van der Waals surface area contributed by atoms with Crippen molar-refractivity contribution < 1.29 is 0 Å². The van der Waals surface area contributed by atoms with Crippen LogP contribution in [0.4, 0.5) is 0 Å². The molecule has 4 heteroatoms. The lowest BCUT2D eigenvalue weighted by molar-refractivity contribution is 0.0981. The third-order valence-electron chi connectivity index (χ3n) is 4.18. The molecule has 1 saturated heterocycles. The SMILES string of the molecule is CCCn1cc(C2C(CNC)CCCN2CC)cn1. The van der Waals surface area contributed by atoms with Crippen LogP contribution in [0.25, 0.3) is 0 Å². The average molecular weight is 264 g/mol. The fraction of sp³-hybridized carbons (Fsp3) is 0.800. The van der Waals surface area contributed by atoms with E-state index in [1.54, 1.807) is 0 Å². The molecule has 0 spiro atoms. The van der Waals surface area contributed by atoms with Crippen molar-refractivity contribution >= 4 is 0 Å². The molecular formula is C15H28N4. The maximum atomic E-state index is 4.51. The third-order valence-corrected chi connectivity index (χ3v) is 4.18. The van der Waals surface area contributed by atoms with Crippen molar-refractivity contribution in [2.45, 2.75) is 45.7 Å². The minimum Gasteiger partial charge on any atom is -0.319 e. The van der Waals surface area contributed by atoms with E-state index in [9.17, 15) is 0 Å². The smallest absolute Gasteiger partial charge is 0.0537 e. The van der Waals surface area contributed by atoms with Gasteiger partial charge >= 0.3 is 0 Å². The van der Waals surface area contributed by atoms with Crippen molar-refractivity contribution in [3.8, 4) is 0 Å². The Bertz CT molecular complexity index is 372. The number of likely N-dealkylation sites (tertiary alicyclic amines) is 1. The number of hydrogen-bond acceptors (Lipinski definition) is 3. The van der Waals surface area contributed by atoms with Gasteiger partial charge in [-0.05, 0) is 51.9 Å². The summed E-state index contributed by atoms with van der Waals surface area (Å²) in [6.07, 6.45) is 8.12. The van der Waals surface area contributed by atoms with Crippen LogP contribution in [0.3, 0.4) is 0 Å². The Morgan fingerprint density at radius 2 is 2.26 bits per heavy atom. The number of hydrogen-bond donors (Lipinski definition) is 1. The lowest BCUT2D eigenvalue weighted by atomic mass is 9.85. The first-order valence-corrected chi connectivity index (χ1v) is 7.71. The first kappa shape index (κ1) is 14.5. The van der Waals surface area contributed by atoms with Crippen LogP contribution in [0, 0.1) is 5.92 Å². The van der Waals surface area contributed by atoms with Crippen LogP contribution in [-0.4, -0.2) is 41.4 Å². The van der Waals surface area contributed by atoms with Gasteiger partial charge in [0.15, 0.2) is 0 Å². The van der Waals surface area contributed by atoms with Crippen molar-refractivity contribution in [3.63, 3.8) is 0 Å². The zero-order chi connectivity index (χ0) is 13.7. The molecule has 2 atom stereocenters. The summed E-state index contributed by atoms with van der Waals surface area (Å²) in [5.74, 6) is 0.706. The van der Waals surface area contributed by atoms with Crippen LogP contribution in [0.2, 0.25) is 0 Å². The summed E-state index contributed by atoms with van der Waals surface area (Å²) < 4.78 is 2.09. The largest absolute Gasteiger partial charge is 0.319 e. The molecule has 0 amide bonds. The Hall–Kier alpha value is -0.870. The van der Waals surface area contributed by atoms with Crippen molar-refractivity contribution in [2.75, 3.05) is 26.7 Å². The van der Waals surface area contributed by atoms with Gasteiger partial charge < -0.3 is 5.32 Å². The van der Waals surface area contributed by atoms with Gasteiger partial charge in [0, 0.05) is 24.3 Å². The van der Waals surface area contributed by atoms with Crippen molar-refractivity contribution in [3.05, 3.63) is 18.0 Å². The number of nitrogens with one attached hydrogen (secondary N) is 1. The minimum atomic E-state index is 0.539. The molecule has 0 radical (unpaired) electrons. The lowest BCUT2D eigenvalue weighted by Crippen LogP contribution is -2.41. The van der Waals surface area contributed by atoms with E-state index in [-0.39, 0.29) is 0 Å². The molecule has 108 valence electrons. The first-order chi connectivity index (χ1) is 9.30. The van der Waals surface area contributed by atoms with Gasteiger partial charge in [0.05, 0.1) is 6.20 Å². The summed E-state index contributed by atoms with van der Waals surface area (Å²) >= 11 is 0. The van der Waals surface area contributed by atoms with E-state index in [1.807, 2.05) is 0 Å². The minimum absolute atomic E-state index is 0.539. The maximum Gasteiger partial charge on any atom is 0.0537 e. The summed E-state index contributed by atoms with van der Waals surface area (Å²) in [6, 6.07) is 0.539. The molecule has 1 aromatic rings. The van der Waals surface area contributed by atoms with Crippen LogP contribution in [0.15, 0.2) is 12.4 Å². The van der Waals surface area contributed by atoms with Gasteiger partial charge in [-0.3, -0.25) is 9.58 Å². The Labute approximate surface area is 117 Å². The molecule has 1 fully saturated rings. The highest BCUT2D eigenvalue weighted by Crippen LogP contribution is 2.35. The highest BCUT2D eigenvalue weighted by atomic mass is 15.3. The van der Waals surface area contributed by atoms with E-state index in [1.165, 1.54) is 24.9 Å². The zero-order valence-electron chi connectivity index (χ0n) is 12.6. The number of piperidine rings is 1. The van der Waals surface area contributed by atoms with Gasteiger partial charge in [0.1, 0.15) is 0 Å². The molecule has 4 nitrogen and oxygen atoms in total. The zero-order valence-corrected chi connectivity index (χ0v) is 12.6. The van der Waals surface area contributed by atoms with Crippen molar-refractivity contribution in [1.82, 2.24) is 20.0 Å². The highest BCUT2D eigenvalue weighted by Gasteiger charge is 2.32. The fourth-order valence-electron chi connectivity index (χ4n) is 3.35. The summed E-state index contributed by atoms with van der Waals surface area (Å²) in [7, 11) is 2.06. The van der Waals surface area contributed by atoms with Gasteiger partial charge in [-0.1, -0.05) is 13.8 Å². The topological polar surface area (TPSA) is 33.1 Å². The number of nitrogens with zero attached hydrogens (tertiary/aromatic N) is 3. The van der Waals surface area contributed by atoms with E-state index in [0.29, 0.717) is 12.0 Å². The maximum absolute atomic E-state index is 4.51. The summed E-state index contributed by atoms with van der Waals surface area (Å²) in [5, 5.41) is 7.87. The quantitative estimate of drug-likeness (QED) is 0.856. The van der Waals surface area contributed by atoms with E-state index < -0.39 is 0 Å². The summed E-state index contributed by atoms with van der Waals surface area (Å²) in [5.41, 5.74) is 1.40. The van der Waals surface area contributed by atoms with Crippen LogP contribution >= 0.6 is 0 Å². The van der Waals surface area contributed by atoms with E-state index in [0.717, 1.165) is 26.1 Å². The number of rotatable bonds is 6. The Morgan fingerprint density at radius 1 is 1.42 bits per heavy atom. The second kappa shape index (κ2) is 7.06. The van der Waals surface area contributed by atoms with E-state index >= 15 is 0 Å². The first-order valence-electron chi connectivity index (χ1n) is 7.71. The molecule has 2 rings (SSSR count). The molecule has 2 unspecified atom stereocenters. The van der Waals surface area contributed by atoms with Crippen LogP contribution < -0.4 is 5.32 Å². The number of aryl methyl sites for hydroxylation is 1. The van der Waals surface area contributed by atoms with Gasteiger partial charge in [0.25, 0.3) is 0 Å². The molecule has 1 aromatic heterocycles. The Balaban J connectivity index is 2.18. The van der Waals surface area contributed by atoms with Crippen LogP contribution in [0.5, 0.6) is 0 Å². The summed E-state index contributed by atoms with van der Waals surface area (Å²) in [6.45, 7) is 8.94. The van der Waals surface area contributed by atoms with E-state index in [4.69, 9.17) is 0 Å². The van der Waals surface area contributed by atoms with Crippen LogP contribution in [-0.2, 0) is 6.54 Å². The predicted molar refractivity (Wildman–Crippen MR) is 79.2 cm³/mol. The fourth-order valence-corrected chi connectivity index (χ4v) is 3.35. The van der Waals surface area contributed by atoms with Gasteiger partial charge in [-0.25, -0.2) is 0 Å². The monoisotopic (exact) mass is 264 g/mol. The average Bonchev–Trinajstić information content (AvgIpc) is 2.87. The molecule has 1 aliphatic rings. The van der Waals surface area contributed by atoms with Gasteiger partial charge in [-0.15, -0.1) is 0 Å². The Morgan fingerprint density at radius 3 is 2.95 bits per heavy atom. The second-order valence-corrected chi connectivity index (χ2v) is 5.57. The molecule has 1 N–H and O–H groups in total. The second-order valence-electron chi connectivity index (χ2n) is 5.57. The molecule has 19 heavy (non-hydrogen) atoms. The standard InChI is InChI=1S/C15H28N4/c1-4-8-19-12-14(11-17-19)15-13(10-16-3)7-6-9-18(15)5-2/h11-13,15-16H,4-10H2,1-3H3. The number of aromatic nitrogens is 2. The molecule has 2 heterocycles. The van der Waals surface area contributed by atoms with Gasteiger partial charge in [0.2, 0.25) is 0 Å². The molecule has 1 aliphatic heterocycles. The lowest BCUT2D eigenvalue weighted by Gasteiger charge is -2.40. The van der Waals surface area contributed by atoms with Crippen molar-refractivity contribution in [2.24, 2.45) is 5.92 Å². The van der Waals surface area contributed by atoms with E-state index in [2.05, 4.69) is 53.3 Å². The molecule has 0 aliphatic carbocycles. The van der Waals surface area contributed by atoms with Crippen molar-refractivity contribution in [1.29, 1.82) is 0 Å². The van der Waals surface area contributed by atoms with Crippen LogP contribution in [0.1, 0.15) is 44.7 Å². The predicted octanol–water partition coefficient (Wildman–Crippen LogP) is 2.29. The molecule has 0 bridgehead atoms. The Kier molecular flexibility index (Phi) is 5.40. The normalized spacial score (nSPS) is 24.8. The third kappa shape index (κ3) is 3.37.